The molecule has 6 heteroatoms. The van der Waals surface area contributed by atoms with Crippen LogP contribution in [0.25, 0.3) is 11.4 Å². The first kappa shape index (κ1) is 20.6. The molecule has 2 aliphatic rings. The fourth-order valence-electron chi connectivity index (χ4n) is 4.86. The van der Waals surface area contributed by atoms with Gasteiger partial charge in [0.05, 0.1) is 12.0 Å². The van der Waals surface area contributed by atoms with Crippen molar-refractivity contribution in [2.45, 2.75) is 38.1 Å². The highest BCUT2D eigenvalue weighted by Crippen LogP contribution is 2.31. The first-order valence-corrected chi connectivity index (χ1v) is 11.4. The number of halogens is 1. The first-order chi connectivity index (χ1) is 15.7. The molecule has 1 aliphatic carbocycles. The number of nitrogens with zero attached hydrogens (tertiary/aromatic N) is 3. The van der Waals surface area contributed by atoms with E-state index < -0.39 is 0 Å². The van der Waals surface area contributed by atoms with E-state index in [0.29, 0.717) is 12.4 Å². The Labute approximate surface area is 187 Å². The molecule has 32 heavy (non-hydrogen) atoms. The second-order valence-electron chi connectivity index (χ2n) is 8.68. The molecule has 1 fully saturated rings. The zero-order valence-electron chi connectivity index (χ0n) is 18.0. The van der Waals surface area contributed by atoms with E-state index >= 15 is 0 Å². The number of hydrogen-bond donors (Lipinski definition) is 1. The average molecular weight is 431 g/mol. The number of anilines is 1. The maximum atomic E-state index is 13.3. The Morgan fingerprint density at radius 3 is 2.75 bits per heavy atom. The molecule has 2 atom stereocenters. The summed E-state index contributed by atoms with van der Waals surface area (Å²) in [5.74, 6) is 1.15. The predicted molar refractivity (Wildman–Crippen MR) is 123 cm³/mol. The number of aromatic nitrogens is 2. The minimum absolute atomic E-state index is 0.0675. The molecule has 5 nitrogen and oxygen atoms in total. The Balaban J connectivity index is 1.28. The van der Waals surface area contributed by atoms with Crippen LogP contribution >= 0.6 is 0 Å². The summed E-state index contributed by atoms with van der Waals surface area (Å²) in [7, 11) is 0. The average Bonchev–Trinajstić information content (AvgIpc) is 2.85. The van der Waals surface area contributed by atoms with Crippen LogP contribution in [-0.4, -0.2) is 29.0 Å². The van der Waals surface area contributed by atoms with Crippen LogP contribution in [0.15, 0.2) is 60.8 Å². The number of piperidine rings is 1. The van der Waals surface area contributed by atoms with E-state index in [1.165, 1.54) is 23.3 Å². The normalized spacial score (nSPS) is 20.5. The molecule has 1 saturated heterocycles. The van der Waals surface area contributed by atoms with Gasteiger partial charge in [0.1, 0.15) is 11.6 Å². The smallest absolute Gasteiger partial charge is 0.225 e. The molecule has 5 rings (SSSR count). The van der Waals surface area contributed by atoms with Crippen molar-refractivity contribution in [1.29, 1.82) is 0 Å². The largest absolute Gasteiger partial charge is 0.356 e. The number of aryl methyl sites for hydroxylation is 1. The van der Waals surface area contributed by atoms with Crippen LogP contribution in [0.4, 0.5) is 10.2 Å². The number of benzene rings is 2. The topological polar surface area (TPSA) is 58.1 Å². The number of amides is 1. The van der Waals surface area contributed by atoms with Crippen LogP contribution < -0.4 is 10.2 Å². The molecule has 2 heterocycles. The summed E-state index contributed by atoms with van der Waals surface area (Å²) < 4.78 is 13.3. The van der Waals surface area contributed by atoms with Gasteiger partial charge in [0, 0.05) is 24.8 Å². The number of nitrogens with one attached hydrogen (secondary N) is 1. The van der Waals surface area contributed by atoms with Gasteiger partial charge < -0.3 is 10.2 Å². The van der Waals surface area contributed by atoms with E-state index in [9.17, 15) is 9.18 Å². The highest BCUT2D eigenvalue weighted by Gasteiger charge is 2.29. The third-order valence-electron chi connectivity index (χ3n) is 6.55. The third-order valence-corrected chi connectivity index (χ3v) is 6.55. The maximum absolute atomic E-state index is 13.3. The molecule has 3 aromatic rings. The number of rotatable bonds is 4. The molecule has 0 spiro atoms. The zero-order valence-corrected chi connectivity index (χ0v) is 18.0. The monoisotopic (exact) mass is 430 g/mol. The fourth-order valence-corrected chi connectivity index (χ4v) is 4.86. The van der Waals surface area contributed by atoms with Crippen molar-refractivity contribution in [3.8, 4) is 11.4 Å². The summed E-state index contributed by atoms with van der Waals surface area (Å²) in [6, 6.07) is 16.6. The van der Waals surface area contributed by atoms with Crippen molar-refractivity contribution >= 4 is 11.7 Å². The molecule has 0 bridgehead atoms. The second kappa shape index (κ2) is 9.07. The van der Waals surface area contributed by atoms with E-state index in [0.717, 1.165) is 50.0 Å². The lowest BCUT2D eigenvalue weighted by Gasteiger charge is -2.34. The summed E-state index contributed by atoms with van der Waals surface area (Å²) in [5.41, 5.74) is 3.39. The number of carbonyl (C=O) groups is 1. The van der Waals surface area contributed by atoms with Crippen molar-refractivity contribution in [2.24, 2.45) is 5.92 Å². The molecule has 1 aliphatic heterocycles. The quantitative estimate of drug-likeness (QED) is 0.652. The Kier molecular flexibility index (Phi) is 5.84. The second-order valence-corrected chi connectivity index (χ2v) is 8.68. The molecule has 1 N–H and O–H groups in total. The summed E-state index contributed by atoms with van der Waals surface area (Å²) in [6.07, 6.45) is 6.73. The lowest BCUT2D eigenvalue weighted by atomic mass is 9.87. The van der Waals surface area contributed by atoms with Gasteiger partial charge in [-0.1, -0.05) is 24.3 Å². The molecule has 164 valence electrons. The van der Waals surface area contributed by atoms with E-state index in [-0.39, 0.29) is 23.7 Å². The van der Waals surface area contributed by atoms with Crippen LogP contribution in [0.5, 0.6) is 0 Å². The van der Waals surface area contributed by atoms with E-state index in [4.69, 9.17) is 4.98 Å². The fraction of sp³-hybridized carbons (Fsp3) is 0.346. The summed E-state index contributed by atoms with van der Waals surface area (Å²) in [4.78, 5) is 24.4. The molecule has 0 radical (unpaired) electrons. The lowest BCUT2D eigenvalue weighted by molar-refractivity contribution is -0.126. The lowest BCUT2D eigenvalue weighted by Crippen LogP contribution is -2.44. The maximum Gasteiger partial charge on any atom is 0.225 e. The van der Waals surface area contributed by atoms with Gasteiger partial charge in [-0.3, -0.25) is 4.79 Å². The Morgan fingerprint density at radius 1 is 1.03 bits per heavy atom. The minimum atomic E-state index is -0.282. The SMILES string of the molecule is O=C(N[C@H]1CCCc2ccccc21)[C@H]1CCCN(c2ccnc(-c3ccc(F)cc3)n2)C1. The van der Waals surface area contributed by atoms with Gasteiger partial charge in [-0.2, -0.15) is 0 Å². The third kappa shape index (κ3) is 4.35. The standard InChI is InChI=1S/C26H27FN4O/c27-21-12-10-19(11-13-21)25-28-15-14-24(30-25)31-16-4-7-20(17-31)26(32)29-23-9-3-6-18-5-1-2-8-22(18)23/h1-2,5,8,10-15,20,23H,3-4,6-7,9,16-17H2,(H,29,32)/t20-,23-/m0/s1. The Morgan fingerprint density at radius 2 is 1.88 bits per heavy atom. The predicted octanol–water partition coefficient (Wildman–Crippen LogP) is 4.69. The van der Waals surface area contributed by atoms with Gasteiger partial charge in [0.25, 0.3) is 0 Å². The molecule has 0 unspecified atom stereocenters. The van der Waals surface area contributed by atoms with E-state index in [1.54, 1.807) is 18.3 Å². The minimum Gasteiger partial charge on any atom is -0.356 e. The van der Waals surface area contributed by atoms with Gasteiger partial charge in [0.2, 0.25) is 5.91 Å². The summed E-state index contributed by atoms with van der Waals surface area (Å²) in [6.45, 7) is 1.50. The number of fused-ring (bicyclic) bond motifs is 1. The van der Waals surface area contributed by atoms with Gasteiger partial charge in [-0.05, 0) is 73.6 Å². The van der Waals surface area contributed by atoms with Gasteiger partial charge >= 0.3 is 0 Å². The highest BCUT2D eigenvalue weighted by molar-refractivity contribution is 5.80. The molecule has 0 saturated carbocycles. The van der Waals surface area contributed by atoms with Crippen LogP contribution in [0.2, 0.25) is 0 Å². The van der Waals surface area contributed by atoms with E-state index in [1.807, 2.05) is 6.07 Å². The molecular weight excluding hydrogens is 403 g/mol. The van der Waals surface area contributed by atoms with Crippen molar-refractivity contribution in [1.82, 2.24) is 15.3 Å². The van der Waals surface area contributed by atoms with Crippen molar-refractivity contribution < 1.29 is 9.18 Å². The summed E-state index contributed by atoms with van der Waals surface area (Å²) in [5, 5.41) is 3.33. The van der Waals surface area contributed by atoms with Crippen molar-refractivity contribution in [3.63, 3.8) is 0 Å². The molecule has 1 aromatic heterocycles. The number of carbonyl (C=O) groups excluding carboxylic acids is 1. The van der Waals surface area contributed by atoms with Crippen LogP contribution in [-0.2, 0) is 11.2 Å². The molecule has 2 aromatic carbocycles. The van der Waals surface area contributed by atoms with E-state index in [2.05, 4.69) is 39.5 Å². The first-order valence-electron chi connectivity index (χ1n) is 11.4. The number of hydrogen-bond acceptors (Lipinski definition) is 4. The van der Waals surface area contributed by atoms with Crippen molar-refractivity contribution in [3.05, 3.63) is 77.7 Å². The van der Waals surface area contributed by atoms with Crippen molar-refractivity contribution in [2.75, 3.05) is 18.0 Å². The van der Waals surface area contributed by atoms with Gasteiger partial charge in [-0.25, -0.2) is 14.4 Å². The Hall–Kier alpha value is -3.28. The molecular formula is C26H27FN4O. The highest BCUT2D eigenvalue weighted by atomic mass is 19.1. The summed E-state index contributed by atoms with van der Waals surface area (Å²) >= 11 is 0. The zero-order chi connectivity index (χ0) is 21.9. The van der Waals surface area contributed by atoms with Gasteiger partial charge in [0.15, 0.2) is 5.82 Å². The van der Waals surface area contributed by atoms with Crippen LogP contribution in [0.3, 0.4) is 0 Å². The van der Waals surface area contributed by atoms with Gasteiger partial charge in [-0.15, -0.1) is 0 Å². The molecule has 1 amide bonds. The Bertz CT molecular complexity index is 1100. The van der Waals surface area contributed by atoms with Crippen LogP contribution in [0.1, 0.15) is 42.9 Å². The van der Waals surface area contributed by atoms with Crippen LogP contribution in [0, 0.1) is 11.7 Å².